The third-order valence-electron chi connectivity index (χ3n) is 1.76. The number of nitrogens with one attached hydrogen (secondary N) is 1. The van der Waals surface area contributed by atoms with Crippen molar-refractivity contribution >= 4 is 11.7 Å². The topological polar surface area (TPSA) is 82.4 Å². The van der Waals surface area contributed by atoms with Crippen LogP contribution in [-0.2, 0) is 9.53 Å². The van der Waals surface area contributed by atoms with E-state index in [9.17, 15) is 9.90 Å². The molecule has 0 aliphatic heterocycles. The van der Waals surface area contributed by atoms with Crippen molar-refractivity contribution in [1.29, 1.82) is 5.26 Å². The summed E-state index contributed by atoms with van der Waals surface area (Å²) in [5.41, 5.74) is 0.419. The molecule has 0 spiro atoms. The Balaban J connectivity index is 2.79. The van der Waals surface area contributed by atoms with E-state index in [4.69, 9.17) is 5.26 Å². The monoisotopic (exact) mass is 218 g/mol. The SMILES string of the molecule is COC(=O)/C(C#N)=C/Nc1cccc(O)c1. The van der Waals surface area contributed by atoms with Crippen LogP contribution in [0.25, 0.3) is 0 Å². The van der Waals surface area contributed by atoms with E-state index in [-0.39, 0.29) is 11.3 Å². The van der Waals surface area contributed by atoms with Gasteiger partial charge >= 0.3 is 5.97 Å². The van der Waals surface area contributed by atoms with Crippen molar-refractivity contribution in [2.45, 2.75) is 0 Å². The van der Waals surface area contributed by atoms with Gasteiger partial charge in [-0.3, -0.25) is 0 Å². The number of methoxy groups -OCH3 is 1. The van der Waals surface area contributed by atoms with E-state index in [1.165, 1.54) is 25.4 Å². The fourth-order valence-corrected chi connectivity index (χ4v) is 0.998. The van der Waals surface area contributed by atoms with Gasteiger partial charge in [-0.2, -0.15) is 5.26 Å². The number of ether oxygens (including phenoxy) is 1. The van der Waals surface area contributed by atoms with Gasteiger partial charge in [0.1, 0.15) is 11.8 Å². The Morgan fingerprint density at radius 3 is 2.94 bits per heavy atom. The second-order valence-electron chi connectivity index (χ2n) is 2.86. The molecule has 0 radical (unpaired) electrons. The molecule has 5 heteroatoms. The van der Waals surface area contributed by atoms with Crippen LogP contribution in [0.4, 0.5) is 5.69 Å². The van der Waals surface area contributed by atoms with Crippen molar-refractivity contribution in [2.24, 2.45) is 0 Å². The van der Waals surface area contributed by atoms with Crippen LogP contribution in [0.2, 0.25) is 0 Å². The number of phenolic OH excluding ortho intramolecular Hbond substituents is 1. The van der Waals surface area contributed by atoms with Gasteiger partial charge in [-0.25, -0.2) is 4.79 Å². The summed E-state index contributed by atoms with van der Waals surface area (Å²) in [6.07, 6.45) is 1.22. The van der Waals surface area contributed by atoms with E-state index in [1.54, 1.807) is 18.2 Å². The normalized spacial score (nSPS) is 10.4. The summed E-state index contributed by atoms with van der Waals surface area (Å²) < 4.78 is 4.40. The van der Waals surface area contributed by atoms with Crippen molar-refractivity contribution in [1.82, 2.24) is 0 Å². The zero-order valence-electron chi connectivity index (χ0n) is 8.60. The highest BCUT2D eigenvalue weighted by Gasteiger charge is 2.07. The molecule has 0 aliphatic rings. The van der Waals surface area contributed by atoms with Crippen LogP contribution in [0, 0.1) is 11.3 Å². The molecule has 0 heterocycles. The summed E-state index contributed by atoms with van der Waals surface area (Å²) in [5.74, 6) is -0.620. The Hall–Kier alpha value is -2.48. The number of aromatic hydroxyl groups is 1. The average Bonchev–Trinajstić information content (AvgIpc) is 2.29. The van der Waals surface area contributed by atoms with E-state index < -0.39 is 5.97 Å². The predicted octanol–water partition coefficient (Wildman–Crippen LogP) is 1.38. The number of benzene rings is 1. The van der Waals surface area contributed by atoms with Crippen molar-refractivity contribution in [3.05, 3.63) is 36.0 Å². The maximum atomic E-state index is 11.0. The maximum absolute atomic E-state index is 11.0. The summed E-state index contributed by atoms with van der Waals surface area (Å²) in [5, 5.41) is 20.5. The van der Waals surface area contributed by atoms with Crippen LogP contribution in [0.5, 0.6) is 5.75 Å². The van der Waals surface area contributed by atoms with Gasteiger partial charge in [-0.15, -0.1) is 0 Å². The highest BCUT2D eigenvalue weighted by Crippen LogP contribution is 2.15. The summed E-state index contributed by atoms with van der Waals surface area (Å²) >= 11 is 0. The minimum atomic E-state index is -0.713. The highest BCUT2D eigenvalue weighted by molar-refractivity contribution is 5.93. The predicted molar refractivity (Wildman–Crippen MR) is 57.4 cm³/mol. The molecular weight excluding hydrogens is 208 g/mol. The van der Waals surface area contributed by atoms with E-state index in [0.717, 1.165) is 0 Å². The highest BCUT2D eigenvalue weighted by atomic mass is 16.5. The molecule has 0 saturated heterocycles. The lowest BCUT2D eigenvalue weighted by molar-refractivity contribution is -0.135. The summed E-state index contributed by atoms with van der Waals surface area (Å²) in [4.78, 5) is 11.0. The van der Waals surface area contributed by atoms with Gasteiger partial charge in [0.2, 0.25) is 0 Å². The average molecular weight is 218 g/mol. The third kappa shape index (κ3) is 3.03. The lowest BCUT2D eigenvalue weighted by Crippen LogP contribution is -2.05. The second-order valence-corrected chi connectivity index (χ2v) is 2.86. The minimum absolute atomic E-state index is 0.0926. The first-order valence-electron chi connectivity index (χ1n) is 4.41. The number of phenols is 1. The number of rotatable bonds is 3. The van der Waals surface area contributed by atoms with Gasteiger partial charge in [0, 0.05) is 18.0 Å². The summed E-state index contributed by atoms with van der Waals surface area (Å²) in [6, 6.07) is 7.99. The first-order valence-corrected chi connectivity index (χ1v) is 4.41. The molecule has 0 amide bonds. The fraction of sp³-hybridized carbons (Fsp3) is 0.0909. The maximum Gasteiger partial charge on any atom is 0.350 e. The fourth-order valence-electron chi connectivity index (χ4n) is 0.998. The molecule has 0 aliphatic carbocycles. The molecule has 1 rings (SSSR count). The Morgan fingerprint density at radius 1 is 1.62 bits per heavy atom. The zero-order chi connectivity index (χ0) is 12.0. The van der Waals surface area contributed by atoms with E-state index >= 15 is 0 Å². The molecule has 0 unspecified atom stereocenters. The molecule has 1 aromatic rings. The number of nitrogens with zero attached hydrogens (tertiary/aromatic N) is 1. The lowest BCUT2D eigenvalue weighted by atomic mass is 10.3. The zero-order valence-corrected chi connectivity index (χ0v) is 8.60. The Labute approximate surface area is 92.6 Å². The van der Waals surface area contributed by atoms with Gasteiger partial charge in [0.15, 0.2) is 5.57 Å². The van der Waals surface area contributed by atoms with Gasteiger partial charge in [-0.05, 0) is 12.1 Å². The first-order chi connectivity index (χ1) is 7.67. The van der Waals surface area contributed by atoms with Gasteiger partial charge < -0.3 is 15.2 Å². The molecule has 0 aromatic heterocycles. The quantitative estimate of drug-likeness (QED) is 0.455. The number of carbonyl (C=O) groups excluding carboxylic acids is 1. The van der Waals surface area contributed by atoms with Crippen molar-refractivity contribution in [2.75, 3.05) is 12.4 Å². The van der Waals surface area contributed by atoms with Crippen LogP contribution >= 0.6 is 0 Å². The van der Waals surface area contributed by atoms with Crippen LogP contribution in [0.1, 0.15) is 0 Å². The smallest absolute Gasteiger partial charge is 0.350 e. The summed E-state index contributed by atoms with van der Waals surface area (Å²) in [6.45, 7) is 0. The standard InChI is InChI=1S/C11H10N2O3/c1-16-11(15)8(6-12)7-13-9-3-2-4-10(14)5-9/h2-5,7,13-14H,1H3/b8-7+. The largest absolute Gasteiger partial charge is 0.508 e. The van der Waals surface area contributed by atoms with Gasteiger partial charge in [-0.1, -0.05) is 6.07 Å². The third-order valence-corrected chi connectivity index (χ3v) is 1.76. The van der Waals surface area contributed by atoms with Crippen LogP contribution < -0.4 is 5.32 Å². The first kappa shape index (κ1) is 11.6. The van der Waals surface area contributed by atoms with Crippen molar-refractivity contribution in [3.63, 3.8) is 0 Å². The molecule has 1 aromatic carbocycles. The molecule has 0 fully saturated rings. The minimum Gasteiger partial charge on any atom is -0.508 e. The number of carbonyl (C=O) groups is 1. The van der Waals surface area contributed by atoms with Gasteiger partial charge in [0.05, 0.1) is 7.11 Å². The Morgan fingerprint density at radius 2 is 2.38 bits per heavy atom. The van der Waals surface area contributed by atoms with E-state index in [2.05, 4.69) is 10.1 Å². The van der Waals surface area contributed by atoms with Crippen LogP contribution in [0.3, 0.4) is 0 Å². The molecule has 2 N–H and O–H groups in total. The van der Waals surface area contributed by atoms with Gasteiger partial charge in [0.25, 0.3) is 0 Å². The molecule has 0 saturated carbocycles. The molecule has 5 nitrogen and oxygen atoms in total. The van der Waals surface area contributed by atoms with E-state index in [1.807, 2.05) is 0 Å². The lowest BCUT2D eigenvalue weighted by Gasteiger charge is -2.01. The number of anilines is 1. The second kappa shape index (κ2) is 5.41. The molecule has 16 heavy (non-hydrogen) atoms. The number of hydrogen-bond donors (Lipinski definition) is 2. The van der Waals surface area contributed by atoms with Crippen molar-refractivity contribution in [3.8, 4) is 11.8 Å². The number of nitriles is 1. The Bertz CT molecular complexity index is 461. The van der Waals surface area contributed by atoms with E-state index in [0.29, 0.717) is 5.69 Å². The van der Waals surface area contributed by atoms with Crippen LogP contribution in [-0.4, -0.2) is 18.2 Å². The summed E-state index contributed by atoms with van der Waals surface area (Å²) in [7, 11) is 1.20. The molecular formula is C11H10N2O3. The molecule has 82 valence electrons. The Kier molecular flexibility index (Phi) is 3.92. The molecule has 0 bridgehead atoms. The molecule has 0 atom stereocenters. The number of esters is 1. The van der Waals surface area contributed by atoms with Crippen LogP contribution in [0.15, 0.2) is 36.0 Å². The number of hydrogen-bond acceptors (Lipinski definition) is 5. The van der Waals surface area contributed by atoms with Crippen molar-refractivity contribution < 1.29 is 14.6 Å².